The van der Waals surface area contributed by atoms with Crippen LogP contribution in [0.15, 0.2) is 60.7 Å². The van der Waals surface area contributed by atoms with Gasteiger partial charge in [-0.3, -0.25) is 9.78 Å². The Kier molecular flexibility index (Phi) is 6.95. The van der Waals surface area contributed by atoms with Gasteiger partial charge in [0.1, 0.15) is 5.60 Å². The van der Waals surface area contributed by atoms with Crippen molar-refractivity contribution < 1.29 is 19.0 Å². The maximum atomic E-state index is 12.5. The third kappa shape index (κ3) is 6.28. The van der Waals surface area contributed by atoms with Crippen molar-refractivity contribution in [2.24, 2.45) is 0 Å². The molecule has 2 aromatic carbocycles. The van der Waals surface area contributed by atoms with Crippen molar-refractivity contribution >= 4 is 22.9 Å². The number of hydrogen-bond acceptors (Lipinski definition) is 5. The molecule has 1 saturated heterocycles. The van der Waals surface area contributed by atoms with Gasteiger partial charge in [-0.05, 0) is 59.1 Å². The van der Waals surface area contributed by atoms with Crippen LogP contribution in [0, 0.1) is 0 Å². The fourth-order valence-corrected chi connectivity index (χ4v) is 5.16. The van der Waals surface area contributed by atoms with E-state index >= 15 is 0 Å². The maximum absolute atomic E-state index is 12.5. The van der Waals surface area contributed by atoms with Crippen molar-refractivity contribution in [3.05, 3.63) is 71.9 Å². The summed E-state index contributed by atoms with van der Waals surface area (Å²) in [4.78, 5) is 17.6. The molecule has 3 aromatic rings. The minimum absolute atomic E-state index is 0.196. The molecular weight excluding hydrogens is 462 g/mol. The number of carbonyl (C=O) groups excluding carboxylic acids is 1. The van der Waals surface area contributed by atoms with Gasteiger partial charge >= 0.3 is 5.97 Å². The summed E-state index contributed by atoms with van der Waals surface area (Å²) in [5.74, 6) is -0.568. The molecular formula is C32H37NO4. The Hall–Kier alpha value is -3.02. The lowest BCUT2D eigenvalue weighted by Crippen LogP contribution is -2.45. The van der Waals surface area contributed by atoms with Crippen LogP contribution in [0.2, 0.25) is 0 Å². The summed E-state index contributed by atoms with van der Waals surface area (Å²) in [6.07, 6.45) is 6.95. The molecule has 2 unspecified atom stereocenters. The Labute approximate surface area is 219 Å². The highest BCUT2D eigenvalue weighted by Crippen LogP contribution is 2.45. The average Bonchev–Trinajstić information content (AvgIpc) is 3.65. The number of para-hydroxylation sites is 1. The second kappa shape index (κ2) is 10.0. The molecule has 1 aliphatic carbocycles. The number of nitrogens with zero attached hydrogens (tertiary/aromatic N) is 1. The van der Waals surface area contributed by atoms with E-state index in [-0.39, 0.29) is 24.6 Å². The fourth-order valence-electron chi connectivity index (χ4n) is 5.16. The molecule has 0 radical (unpaired) electrons. The van der Waals surface area contributed by atoms with E-state index in [1.54, 1.807) is 0 Å². The number of benzene rings is 2. The molecule has 0 spiro atoms. The summed E-state index contributed by atoms with van der Waals surface area (Å²) < 4.78 is 17.9. The van der Waals surface area contributed by atoms with E-state index in [2.05, 4.69) is 60.7 Å². The van der Waals surface area contributed by atoms with Crippen LogP contribution in [0.25, 0.3) is 28.1 Å². The third-order valence-corrected chi connectivity index (χ3v) is 6.66. The Bertz CT molecular complexity index is 1300. The quantitative estimate of drug-likeness (QED) is 0.330. The zero-order chi connectivity index (χ0) is 26.2. The van der Waals surface area contributed by atoms with Crippen LogP contribution < -0.4 is 0 Å². The molecule has 5 nitrogen and oxygen atoms in total. The molecule has 0 bridgehead atoms. The summed E-state index contributed by atoms with van der Waals surface area (Å²) in [6, 6.07) is 18.9. The Morgan fingerprint density at radius 3 is 2.46 bits per heavy atom. The van der Waals surface area contributed by atoms with Gasteiger partial charge in [0.25, 0.3) is 0 Å². The lowest BCUT2D eigenvalue weighted by Gasteiger charge is -2.39. The van der Waals surface area contributed by atoms with E-state index in [9.17, 15) is 4.79 Å². The molecule has 5 rings (SSSR count). The Balaban J connectivity index is 1.49. The van der Waals surface area contributed by atoms with Crippen LogP contribution in [0.3, 0.4) is 0 Å². The predicted molar refractivity (Wildman–Crippen MR) is 147 cm³/mol. The van der Waals surface area contributed by atoms with E-state index in [1.165, 1.54) is 24.0 Å². The first-order valence-electron chi connectivity index (χ1n) is 13.3. The van der Waals surface area contributed by atoms with E-state index in [0.29, 0.717) is 12.3 Å². The van der Waals surface area contributed by atoms with Gasteiger partial charge in [0, 0.05) is 28.9 Å². The van der Waals surface area contributed by atoms with Crippen molar-refractivity contribution in [3.63, 3.8) is 0 Å². The highest BCUT2D eigenvalue weighted by molar-refractivity contribution is 5.99. The van der Waals surface area contributed by atoms with Crippen molar-refractivity contribution in [2.75, 3.05) is 0 Å². The van der Waals surface area contributed by atoms with E-state index in [4.69, 9.17) is 19.2 Å². The molecule has 2 atom stereocenters. The summed E-state index contributed by atoms with van der Waals surface area (Å²) >= 11 is 0. The second-order valence-electron chi connectivity index (χ2n) is 11.6. The molecule has 2 fully saturated rings. The van der Waals surface area contributed by atoms with Gasteiger partial charge in [-0.2, -0.15) is 0 Å². The average molecular weight is 500 g/mol. The SMILES string of the molecule is CC(C)(C)OC(=O)CC1CC(/C=C/c2c(C3CC3)nc3ccccc3c2-c2ccccc2)OC(C)(C)O1. The van der Waals surface area contributed by atoms with Gasteiger partial charge in [-0.1, -0.05) is 60.7 Å². The van der Waals surface area contributed by atoms with Crippen LogP contribution in [0.4, 0.5) is 0 Å². The monoisotopic (exact) mass is 499 g/mol. The van der Waals surface area contributed by atoms with E-state index < -0.39 is 11.4 Å². The summed E-state index contributed by atoms with van der Waals surface area (Å²) in [5, 5.41) is 1.15. The molecule has 0 N–H and O–H groups in total. The van der Waals surface area contributed by atoms with Crippen molar-refractivity contribution in [2.45, 2.75) is 89.8 Å². The number of esters is 1. The number of fused-ring (bicyclic) bond motifs is 1. The highest BCUT2D eigenvalue weighted by Gasteiger charge is 2.36. The molecule has 1 aromatic heterocycles. The molecule has 37 heavy (non-hydrogen) atoms. The Morgan fingerprint density at radius 2 is 1.76 bits per heavy atom. The van der Waals surface area contributed by atoms with Crippen LogP contribution in [-0.2, 0) is 19.0 Å². The first-order chi connectivity index (χ1) is 17.6. The highest BCUT2D eigenvalue weighted by atomic mass is 16.7. The van der Waals surface area contributed by atoms with Gasteiger partial charge in [0.2, 0.25) is 0 Å². The smallest absolute Gasteiger partial charge is 0.308 e. The molecule has 5 heteroatoms. The topological polar surface area (TPSA) is 57.7 Å². The predicted octanol–water partition coefficient (Wildman–Crippen LogP) is 7.43. The van der Waals surface area contributed by atoms with Gasteiger partial charge in [0.15, 0.2) is 5.79 Å². The summed E-state index contributed by atoms with van der Waals surface area (Å²) in [5.41, 5.74) is 5.21. The molecule has 1 aliphatic heterocycles. The molecule has 1 saturated carbocycles. The number of pyridine rings is 1. The zero-order valence-corrected chi connectivity index (χ0v) is 22.5. The normalized spacial score (nSPS) is 21.9. The summed E-state index contributed by atoms with van der Waals surface area (Å²) in [7, 11) is 0. The zero-order valence-electron chi connectivity index (χ0n) is 22.5. The fraction of sp³-hybridized carbons (Fsp3) is 0.438. The van der Waals surface area contributed by atoms with Crippen molar-refractivity contribution in [1.82, 2.24) is 4.98 Å². The van der Waals surface area contributed by atoms with Crippen LogP contribution in [0.5, 0.6) is 0 Å². The number of ether oxygens (including phenoxy) is 3. The molecule has 2 aliphatic rings. The lowest BCUT2D eigenvalue weighted by atomic mass is 9.92. The van der Waals surface area contributed by atoms with Gasteiger partial charge in [-0.15, -0.1) is 0 Å². The lowest BCUT2D eigenvalue weighted by molar-refractivity contribution is -0.290. The van der Waals surface area contributed by atoms with Crippen LogP contribution in [-0.4, -0.2) is 34.5 Å². The van der Waals surface area contributed by atoms with E-state index in [0.717, 1.165) is 22.2 Å². The number of carbonyl (C=O) groups is 1. The molecule has 2 heterocycles. The minimum atomic E-state index is -0.802. The largest absolute Gasteiger partial charge is 0.460 e. The Morgan fingerprint density at radius 1 is 1.05 bits per heavy atom. The molecule has 194 valence electrons. The van der Waals surface area contributed by atoms with Crippen LogP contribution >= 0.6 is 0 Å². The minimum Gasteiger partial charge on any atom is -0.460 e. The second-order valence-corrected chi connectivity index (χ2v) is 11.6. The molecule has 0 amide bonds. The standard InChI is InChI=1S/C32H37NO4/c1-31(2,3)37-28(34)20-24-19-23(35-32(4,5)36-24)17-18-26-29(21-11-7-6-8-12-21)25-13-9-10-14-27(25)33-30(26)22-15-16-22/h6-14,17-18,22-24H,15-16,19-20H2,1-5H3/b18-17+. The van der Waals surface area contributed by atoms with Crippen molar-refractivity contribution in [1.29, 1.82) is 0 Å². The number of rotatable bonds is 6. The van der Waals surface area contributed by atoms with Crippen LogP contribution in [0.1, 0.15) is 77.5 Å². The first-order valence-corrected chi connectivity index (χ1v) is 13.3. The van der Waals surface area contributed by atoms with E-state index in [1.807, 2.05) is 40.7 Å². The van der Waals surface area contributed by atoms with Gasteiger partial charge < -0.3 is 14.2 Å². The van der Waals surface area contributed by atoms with Crippen molar-refractivity contribution in [3.8, 4) is 11.1 Å². The number of hydrogen-bond donors (Lipinski definition) is 0. The van der Waals surface area contributed by atoms with Gasteiger partial charge in [-0.25, -0.2) is 0 Å². The number of aromatic nitrogens is 1. The van der Waals surface area contributed by atoms with Gasteiger partial charge in [0.05, 0.1) is 29.8 Å². The third-order valence-electron chi connectivity index (χ3n) is 6.66. The maximum Gasteiger partial charge on any atom is 0.308 e. The first kappa shape index (κ1) is 25.6. The summed E-state index contributed by atoms with van der Waals surface area (Å²) in [6.45, 7) is 9.44.